The van der Waals surface area contributed by atoms with E-state index in [0.717, 1.165) is 40.0 Å². The second kappa shape index (κ2) is 9.61. The fraction of sp³-hybridized carbons (Fsp3) is 0.323. The molecule has 5 rings (SSSR count). The minimum atomic E-state index is -0.0286. The van der Waals surface area contributed by atoms with Crippen LogP contribution in [-0.4, -0.2) is 21.9 Å². The highest BCUT2D eigenvalue weighted by Gasteiger charge is 2.28. The minimum absolute atomic E-state index is 0.0286. The predicted molar refractivity (Wildman–Crippen MR) is 143 cm³/mol. The first-order chi connectivity index (χ1) is 16.9. The molecule has 4 heteroatoms. The number of nitrogens with zero attached hydrogens (tertiary/aromatic N) is 2. The Labute approximate surface area is 207 Å². The van der Waals surface area contributed by atoms with E-state index in [0.29, 0.717) is 17.4 Å². The quantitative estimate of drug-likeness (QED) is 0.350. The summed E-state index contributed by atoms with van der Waals surface area (Å²) in [6.45, 7) is 8.70. The number of nitrogens with one attached hydrogen (secondary N) is 1. The molecule has 1 saturated carbocycles. The summed E-state index contributed by atoms with van der Waals surface area (Å²) < 4.78 is 0. The van der Waals surface area contributed by atoms with E-state index in [2.05, 4.69) is 81.5 Å². The van der Waals surface area contributed by atoms with Gasteiger partial charge in [0.1, 0.15) is 0 Å². The van der Waals surface area contributed by atoms with Gasteiger partial charge in [0.2, 0.25) is 0 Å². The zero-order valence-corrected chi connectivity index (χ0v) is 21.0. The Kier molecular flexibility index (Phi) is 6.38. The van der Waals surface area contributed by atoms with Crippen molar-refractivity contribution in [2.24, 2.45) is 11.8 Å². The predicted octanol–water partition coefficient (Wildman–Crippen LogP) is 7.14. The number of aryl methyl sites for hydroxylation is 2. The third-order valence-electron chi connectivity index (χ3n) is 7.60. The van der Waals surface area contributed by atoms with Gasteiger partial charge in [0, 0.05) is 22.7 Å². The minimum Gasteiger partial charge on any atom is -0.349 e. The Morgan fingerprint density at radius 1 is 0.771 bits per heavy atom. The summed E-state index contributed by atoms with van der Waals surface area (Å²) in [5.41, 5.74) is 8.28. The molecule has 35 heavy (non-hydrogen) atoms. The molecule has 4 nitrogen and oxygen atoms in total. The van der Waals surface area contributed by atoms with Crippen molar-refractivity contribution in [2.75, 3.05) is 0 Å². The standard InChI is InChI=1S/C31H33N3O/c1-19-8-12-23(13-9-19)29-30(24-14-10-20(2)11-15-24)33-28-18-25(16-17-27(28)32-29)31(35)34-26-7-5-6-21(3)22(26)4/h8-18,21-22,26H,5-7H2,1-4H3,(H,34,35)/t21-,22+,26-/m1/s1. The molecule has 0 unspecified atom stereocenters. The Hall–Kier alpha value is -3.53. The molecule has 3 atom stereocenters. The number of benzene rings is 3. The van der Waals surface area contributed by atoms with Gasteiger partial charge in [0.25, 0.3) is 5.91 Å². The summed E-state index contributed by atoms with van der Waals surface area (Å²) in [5, 5.41) is 3.29. The smallest absolute Gasteiger partial charge is 0.251 e. The molecule has 0 spiro atoms. The van der Waals surface area contributed by atoms with E-state index in [4.69, 9.17) is 9.97 Å². The van der Waals surface area contributed by atoms with Crippen LogP contribution in [0.3, 0.4) is 0 Å². The van der Waals surface area contributed by atoms with Crippen LogP contribution in [0.2, 0.25) is 0 Å². The highest BCUT2D eigenvalue weighted by molar-refractivity contribution is 5.98. The highest BCUT2D eigenvalue weighted by atomic mass is 16.1. The van der Waals surface area contributed by atoms with Crippen LogP contribution in [0.15, 0.2) is 66.7 Å². The first-order valence-electron chi connectivity index (χ1n) is 12.7. The van der Waals surface area contributed by atoms with Crippen LogP contribution in [0.25, 0.3) is 33.5 Å². The summed E-state index contributed by atoms with van der Waals surface area (Å²) in [5.74, 6) is 1.09. The molecule has 1 heterocycles. The second-order valence-corrected chi connectivity index (χ2v) is 10.2. The first kappa shape index (κ1) is 23.2. The van der Waals surface area contributed by atoms with Gasteiger partial charge in [-0.15, -0.1) is 0 Å². The third kappa shape index (κ3) is 4.84. The lowest BCUT2D eigenvalue weighted by atomic mass is 9.78. The molecule has 1 aliphatic rings. The normalized spacial score (nSPS) is 20.1. The Balaban J connectivity index is 1.55. The van der Waals surface area contributed by atoms with E-state index in [-0.39, 0.29) is 11.9 Å². The molecule has 3 aromatic carbocycles. The van der Waals surface area contributed by atoms with Crippen LogP contribution < -0.4 is 5.32 Å². The van der Waals surface area contributed by atoms with Crippen LogP contribution in [-0.2, 0) is 0 Å². The van der Waals surface area contributed by atoms with Crippen LogP contribution >= 0.6 is 0 Å². The van der Waals surface area contributed by atoms with E-state index >= 15 is 0 Å². The molecule has 178 valence electrons. The van der Waals surface area contributed by atoms with Crippen molar-refractivity contribution < 1.29 is 4.79 Å². The fourth-order valence-electron chi connectivity index (χ4n) is 5.06. The van der Waals surface area contributed by atoms with Crippen LogP contribution in [0, 0.1) is 25.7 Å². The average molecular weight is 464 g/mol. The van der Waals surface area contributed by atoms with E-state index in [1.165, 1.54) is 24.0 Å². The molecule has 0 radical (unpaired) electrons. The molecular weight excluding hydrogens is 430 g/mol. The summed E-state index contributed by atoms with van der Waals surface area (Å²) in [6, 6.07) is 22.6. The third-order valence-corrected chi connectivity index (χ3v) is 7.60. The molecule has 0 aliphatic heterocycles. The van der Waals surface area contributed by atoms with Gasteiger partial charge < -0.3 is 5.32 Å². The maximum Gasteiger partial charge on any atom is 0.251 e. The van der Waals surface area contributed by atoms with Crippen molar-refractivity contribution in [1.29, 1.82) is 0 Å². The fourth-order valence-corrected chi connectivity index (χ4v) is 5.06. The van der Waals surface area contributed by atoms with Gasteiger partial charge in [-0.1, -0.05) is 86.3 Å². The summed E-state index contributed by atoms with van der Waals surface area (Å²) in [4.78, 5) is 23.2. The Bertz CT molecular complexity index is 1360. The topological polar surface area (TPSA) is 54.9 Å². The number of hydrogen-bond donors (Lipinski definition) is 1. The molecule has 1 amide bonds. The van der Waals surface area contributed by atoms with E-state index in [1.807, 2.05) is 18.2 Å². The zero-order valence-electron chi connectivity index (χ0n) is 21.0. The number of hydrogen-bond acceptors (Lipinski definition) is 3. The highest BCUT2D eigenvalue weighted by Crippen LogP contribution is 2.32. The Morgan fingerprint density at radius 2 is 1.34 bits per heavy atom. The molecule has 4 aromatic rings. The lowest BCUT2D eigenvalue weighted by Gasteiger charge is -2.34. The number of fused-ring (bicyclic) bond motifs is 1. The molecule has 1 N–H and O–H groups in total. The number of amides is 1. The second-order valence-electron chi connectivity index (χ2n) is 10.2. The van der Waals surface area contributed by atoms with Gasteiger partial charge in [0.15, 0.2) is 0 Å². The molecule has 1 aromatic heterocycles. The molecule has 0 saturated heterocycles. The zero-order chi connectivity index (χ0) is 24.5. The van der Waals surface area contributed by atoms with E-state index in [1.54, 1.807) is 0 Å². The molecular formula is C31H33N3O. The SMILES string of the molecule is Cc1ccc(-c2nc3ccc(C(=O)N[C@@H]4CCC[C@@H](C)[C@@H]4C)cc3nc2-c2ccc(C)cc2)cc1. The van der Waals surface area contributed by atoms with Crippen molar-refractivity contribution in [3.05, 3.63) is 83.4 Å². The van der Waals surface area contributed by atoms with Crippen molar-refractivity contribution in [2.45, 2.75) is 53.0 Å². The van der Waals surface area contributed by atoms with Crippen molar-refractivity contribution in [1.82, 2.24) is 15.3 Å². The first-order valence-corrected chi connectivity index (χ1v) is 12.7. The van der Waals surface area contributed by atoms with Crippen LogP contribution in [0.1, 0.15) is 54.6 Å². The van der Waals surface area contributed by atoms with Gasteiger partial charge >= 0.3 is 0 Å². The van der Waals surface area contributed by atoms with E-state index in [9.17, 15) is 4.79 Å². The van der Waals surface area contributed by atoms with E-state index < -0.39 is 0 Å². The lowest BCUT2D eigenvalue weighted by molar-refractivity contribution is 0.0891. The molecule has 1 fully saturated rings. The van der Waals surface area contributed by atoms with Gasteiger partial charge in [-0.05, 0) is 50.3 Å². The van der Waals surface area contributed by atoms with Crippen molar-refractivity contribution >= 4 is 16.9 Å². The summed E-state index contributed by atoms with van der Waals surface area (Å²) >= 11 is 0. The van der Waals surface area contributed by atoms with Gasteiger partial charge in [-0.2, -0.15) is 0 Å². The van der Waals surface area contributed by atoms with Crippen molar-refractivity contribution in [3.63, 3.8) is 0 Å². The number of carbonyl (C=O) groups is 1. The maximum atomic E-state index is 13.2. The maximum absolute atomic E-state index is 13.2. The molecule has 1 aliphatic carbocycles. The van der Waals surface area contributed by atoms with Crippen LogP contribution in [0.4, 0.5) is 0 Å². The van der Waals surface area contributed by atoms with Crippen molar-refractivity contribution in [3.8, 4) is 22.5 Å². The number of aromatic nitrogens is 2. The largest absolute Gasteiger partial charge is 0.349 e. The molecule has 0 bridgehead atoms. The summed E-state index contributed by atoms with van der Waals surface area (Å²) in [7, 11) is 0. The lowest BCUT2D eigenvalue weighted by Crippen LogP contribution is -2.43. The monoisotopic (exact) mass is 463 g/mol. The van der Waals surface area contributed by atoms with Crippen LogP contribution in [0.5, 0.6) is 0 Å². The average Bonchev–Trinajstić information content (AvgIpc) is 2.86. The summed E-state index contributed by atoms with van der Waals surface area (Å²) in [6.07, 6.45) is 3.45. The number of rotatable bonds is 4. The Morgan fingerprint density at radius 3 is 1.94 bits per heavy atom. The van der Waals surface area contributed by atoms with Gasteiger partial charge in [0.05, 0.1) is 22.4 Å². The number of carbonyl (C=O) groups excluding carboxylic acids is 1. The van der Waals surface area contributed by atoms with Gasteiger partial charge in [-0.3, -0.25) is 4.79 Å². The van der Waals surface area contributed by atoms with Gasteiger partial charge in [-0.25, -0.2) is 9.97 Å².